The maximum Gasteiger partial charge on any atom is 0.263 e. The number of aromatic nitrogens is 3. The molecule has 0 aliphatic carbocycles. The molecule has 2 N–H and O–H groups in total. The highest BCUT2D eigenvalue weighted by Gasteiger charge is 2.13. The molecule has 4 rings (SSSR count). The van der Waals surface area contributed by atoms with E-state index in [1.807, 2.05) is 60.1 Å². The van der Waals surface area contributed by atoms with Crippen molar-refractivity contribution in [2.45, 2.75) is 6.42 Å². The summed E-state index contributed by atoms with van der Waals surface area (Å²) in [5.41, 5.74) is 3.08. The fourth-order valence-corrected chi connectivity index (χ4v) is 3.72. The number of methoxy groups -OCH3 is 1. The molecular formula is C21H21N5O2S. The van der Waals surface area contributed by atoms with Gasteiger partial charge in [-0.3, -0.25) is 4.79 Å². The van der Waals surface area contributed by atoms with Gasteiger partial charge in [0.2, 0.25) is 5.95 Å². The van der Waals surface area contributed by atoms with Crippen LogP contribution in [0.5, 0.6) is 5.75 Å². The first kappa shape index (κ1) is 18.9. The van der Waals surface area contributed by atoms with E-state index < -0.39 is 0 Å². The highest BCUT2D eigenvalue weighted by atomic mass is 32.1. The first-order valence-electron chi connectivity index (χ1n) is 9.19. The number of aryl methyl sites for hydroxylation is 1. The largest absolute Gasteiger partial charge is 0.497 e. The van der Waals surface area contributed by atoms with E-state index in [0.717, 1.165) is 28.8 Å². The number of ether oxygens (including phenoxy) is 1. The van der Waals surface area contributed by atoms with Crippen LogP contribution in [0.3, 0.4) is 0 Å². The van der Waals surface area contributed by atoms with E-state index in [1.54, 1.807) is 13.3 Å². The quantitative estimate of drug-likeness (QED) is 0.488. The van der Waals surface area contributed by atoms with Gasteiger partial charge in [0.15, 0.2) is 5.13 Å². The lowest BCUT2D eigenvalue weighted by atomic mass is 10.1. The summed E-state index contributed by atoms with van der Waals surface area (Å²) >= 11 is 1.30. The van der Waals surface area contributed by atoms with Gasteiger partial charge in [0.25, 0.3) is 5.91 Å². The van der Waals surface area contributed by atoms with Crippen LogP contribution < -0.4 is 15.4 Å². The zero-order valence-corrected chi connectivity index (χ0v) is 17.0. The van der Waals surface area contributed by atoms with Crippen LogP contribution in [0.4, 0.5) is 11.1 Å². The molecule has 2 aromatic heterocycles. The molecule has 0 aliphatic rings. The summed E-state index contributed by atoms with van der Waals surface area (Å²) in [6.07, 6.45) is 2.33. The summed E-state index contributed by atoms with van der Waals surface area (Å²) in [4.78, 5) is 21.8. The standard InChI is InChI=1S/C21H21N5O2S/c1-26-17-6-4-3-5-16(17)24-20(26)25-21-23-13-18(29-21)19(27)22-12-11-14-7-9-15(28-2)10-8-14/h3-10,13H,11-12H2,1-2H3,(H,22,27)(H,23,24,25). The van der Waals surface area contributed by atoms with Crippen LogP contribution in [0.2, 0.25) is 0 Å². The normalized spacial score (nSPS) is 10.8. The van der Waals surface area contributed by atoms with Crippen molar-refractivity contribution < 1.29 is 9.53 Å². The van der Waals surface area contributed by atoms with Crippen molar-refractivity contribution in [2.24, 2.45) is 7.05 Å². The van der Waals surface area contributed by atoms with Crippen LogP contribution in [-0.2, 0) is 13.5 Å². The molecule has 29 heavy (non-hydrogen) atoms. The van der Waals surface area contributed by atoms with E-state index >= 15 is 0 Å². The van der Waals surface area contributed by atoms with E-state index in [2.05, 4.69) is 20.6 Å². The number of para-hydroxylation sites is 2. The summed E-state index contributed by atoms with van der Waals surface area (Å²) in [7, 11) is 3.58. The number of rotatable bonds is 7. The summed E-state index contributed by atoms with van der Waals surface area (Å²) in [5, 5.41) is 6.76. The van der Waals surface area contributed by atoms with Gasteiger partial charge in [-0.25, -0.2) is 9.97 Å². The van der Waals surface area contributed by atoms with E-state index in [0.29, 0.717) is 22.5 Å². The Labute approximate surface area is 172 Å². The smallest absolute Gasteiger partial charge is 0.263 e. The molecule has 2 heterocycles. The molecule has 0 atom stereocenters. The highest BCUT2D eigenvalue weighted by Crippen LogP contribution is 2.24. The van der Waals surface area contributed by atoms with Crippen molar-refractivity contribution in [1.29, 1.82) is 0 Å². The van der Waals surface area contributed by atoms with Gasteiger partial charge in [-0.05, 0) is 36.2 Å². The summed E-state index contributed by atoms with van der Waals surface area (Å²) in [6, 6.07) is 15.7. The maximum atomic E-state index is 12.4. The summed E-state index contributed by atoms with van der Waals surface area (Å²) < 4.78 is 7.12. The molecule has 4 aromatic rings. The SMILES string of the molecule is COc1ccc(CCNC(=O)c2cnc(Nc3nc4ccccc4n3C)s2)cc1. The Morgan fingerprint density at radius 2 is 1.97 bits per heavy atom. The zero-order chi connectivity index (χ0) is 20.2. The van der Waals surface area contributed by atoms with Gasteiger partial charge in [-0.15, -0.1) is 0 Å². The van der Waals surface area contributed by atoms with Gasteiger partial charge in [0, 0.05) is 13.6 Å². The van der Waals surface area contributed by atoms with Crippen molar-refractivity contribution in [2.75, 3.05) is 19.0 Å². The molecule has 0 spiro atoms. The number of nitrogens with zero attached hydrogens (tertiary/aromatic N) is 3. The van der Waals surface area contributed by atoms with Crippen LogP contribution in [0.15, 0.2) is 54.7 Å². The van der Waals surface area contributed by atoms with Crippen LogP contribution in [-0.4, -0.2) is 34.1 Å². The van der Waals surface area contributed by atoms with E-state index in [1.165, 1.54) is 11.3 Å². The number of carbonyl (C=O) groups is 1. The number of carbonyl (C=O) groups excluding carboxylic acids is 1. The van der Waals surface area contributed by atoms with Gasteiger partial charge in [0.1, 0.15) is 10.6 Å². The lowest BCUT2D eigenvalue weighted by Crippen LogP contribution is -2.24. The second-order valence-electron chi connectivity index (χ2n) is 6.49. The minimum atomic E-state index is -0.130. The average Bonchev–Trinajstić information content (AvgIpc) is 3.34. The molecular weight excluding hydrogens is 386 g/mol. The molecule has 7 nitrogen and oxygen atoms in total. The van der Waals surface area contributed by atoms with Gasteiger partial charge in [-0.2, -0.15) is 0 Å². The van der Waals surface area contributed by atoms with Crippen LogP contribution >= 0.6 is 11.3 Å². The maximum absolute atomic E-state index is 12.4. The Bertz CT molecular complexity index is 1130. The van der Waals surface area contributed by atoms with Gasteiger partial charge in [0.05, 0.1) is 24.3 Å². The third kappa shape index (κ3) is 4.22. The second kappa shape index (κ2) is 8.32. The number of hydrogen-bond donors (Lipinski definition) is 2. The number of amides is 1. The third-order valence-corrected chi connectivity index (χ3v) is 5.51. The Kier molecular flexibility index (Phi) is 5.44. The van der Waals surface area contributed by atoms with Gasteiger partial charge >= 0.3 is 0 Å². The molecule has 0 saturated carbocycles. The molecule has 0 fully saturated rings. The van der Waals surface area contributed by atoms with Crippen molar-refractivity contribution in [3.05, 3.63) is 65.2 Å². The number of benzene rings is 2. The second-order valence-corrected chi connectivity index (χ2v) is 7.52. The van der Waals surface area contributed by atoms with Gasteiger partial charge < -0.3 is 19.9 Å². The summed E-state index contributed by atoms with van der Waals surface area (Å²) in [5.74, 6) is 1.38. The zero-order valence-electron chi connectivity index (χ0n) is 16.2. The van der Waals surface area contributed by atoms with Crippen molar-refractivity contribution in [3.8, 4) is 5.75 Å². The van der Waals surface area contributed by atoms with E-state index in [9.17, 15) is 4.79 Å². The monoisotopic (exact) mass is 407 g/mol. The molecule has 0 aliphatic heterocycles. The molecule has 2 aromatic carbocycles. The van der Waals surface area contributed by atoms with Crippen LogP contribution in [0, 0.1) is 0 Å². The predicted molar refractivity (Wildman–Crippen MR) is 115 cm³/mol. The summed E-state index contributed by atoms with van der Waals surface area (Å²) in [6.45, 7) is 0.552. The fraction of sp³-hybridized carbons (Fsp3) is 0.190. The molecule has 0 unspecified atom stereocenters. The lowest BCUT2D eigenvalue weighted by Gasteiger charge is -2.05. The number of thiazole rings is 1. The first-order chi connectivity index (χ1) is 14.1. The molecule has 0 saturated heterocycles. The number of imidazole rings is 1. The fourth-order valence-electron chi connectivity index (χ4n) is 2.99. The molecule has 8 heteroatoms. The number of nitrogens with one attached hydrogen (secondary N) is 2. The Morgan fingerprint density at radius 3 is 2.72 bits per heavy atom. The average molecular weight is 407 g/mol. The number of fused-ring (bicyclic) bond motifs is 1. The van der Waals surface area contributed by atoms with Crippen molar-refractivity contribution in [3.63, 3.8) is 0 Å². The molecule has 1 amide bonds. The molecule has 0 radical (unpaired) electrons. The van der Waals surface area contributed by atoms with Gasteiger partial charge in [-0.1, -0.05) is 35.6 Å². The minimum absolute atomic E-state index is 0.130. The Morgan fingerprint density at radius 1 is 1.17 bits per heavy atom. The lowest BCUT2D eigenvalue weighted by molar-refractivity contribution is 0.0958. The topological polar surface area (TPSA) is 81.1 Å². The molecule has 0 bridgehead atoms. The van der Waals surface area contributed by atoms with Crippen LogP contribution in [0.1, 0.15) is 15.2 Å². The van der Waals surface area contributed by atoms with E-state index in [-0.39, 0.29) is 5.91 Å². The van der Waals surface area contributed by atoms with Crippen molar-refractivity contribution >= 4 is 39.4 Å². The van der Waals surface area contributed by atoms with E-state index in [4.69, 9.17) is 4.74 Å². The first-order valence-corrected chi connectivity index (χ1v) is 10.0. The predicted octanol–water partition coefficient (Wildman–Crippen LogP) is 3.75. The van der Waals surface area contributed by atoms with Crippen LogP contribution in [0.25, 0.3) is 11.0 Å². The Balaban J connectivity index is 1.35. The van der Waals surface area contributed by atoms with Crippen molar-refractivity contribution in [1.82, 2.24) is 19.9 Å². The Hall–Kier alpha value is -3.39. The third-order valence-electron chi connectivity index (χ3n) is 4.59. The minimum Gasteiger partial charge on any atom is -0.497 e. The molecule has 148 valence electrons. The number of anilines is 2. The number of hydrogen-bond acceptors (Lipinski definition) is 6. The highest BCUT2D eigenvalue weighted by molar-refractivity contribution is 7.17.